The largest absolute Gasteiger partial charge is 0.346 e. The van der Waals surface area contributed by atoms with Gasteiger partial charge in [-0.3, -0.25) is 4.79 Å². The number of nitrogens with one attached hydrogen (secondary N) is 1. The minimum Gasteiger partial charge on any atom is -0.346 e. The summed E-state index contributed by atoms with van der Waals surface area (Å²) < 4.78 is 2.35. The number of anilines is 1. The molecule has 0 spiro atoms. The number of amides is 1. The molecule has 2 aromatic rings. The van der Waals surface area contributed by atoms with Gasteiger partial charge in [-0.1, -0.05) is 48.5 Å². The fraction of sp³-hybridized carbons (Fsp3) is 0.364. The van der Waals surface area contributed by atoms with Crippen molar-refractivity contribution < 1.29 is 4.79 Å². The summed E-state index contributed by atoms with van der Waals surface area (Å²) in [5.41, 5.74) is 3.55. The Morgan fingerprint density at radius 3 is 2.64 bits per heavy atom. The fourth-order valence-corrected chi connectivity index (χ4v) is 4.29. The minimum absolute atomic E-state index is 0.0277. The van der Waals surface area contributed by atoms with Gasteiger partial charge in [-0.2, -0.15) is 5.26 Å². The number of hydrogen-bond donors (Lipinski definition) is 1. The van der Waals surface area contributed by atoms with E-state index in [9.17, 15) is 10.1 Å². The van der Waals surface area contributed by atoms with Crippen LogP contribution in [0.15, 0.2) is 29.8 Å². The summed E-state index contributed by atoms with van der Waals surface area (Å²) in [5, 5.41) is 12.8. The van der Waals surface area contributed by atoms with E-state index in [1.54, 1.807) is 24.3 Å². The Morgan fingerprint density at radius 1 is 1.25 bits per heavy atom. The van der Waals surface area contributed by atoms with Crippen LogP contribution in [0, 0.1) is 25.2 Å². The van der Waals surface area contributed by atoms with Crippen molar-refractivity contribution in [1.29, 1.82) is 5.26 Å². The van der Waals surface area contributed by atoms with Crippen molar-refractivity contribution in [3.8, 4) is 6.07 Å². The molecular formula is C22H23Cl2N3O. The molecule has 1 aromatic heterocycles. The summed E-state index contributed by atoms with van der Waals surface area (Å²) in [6.07, 6.45) is 7.80. The topological polar surface area (TPSA) is 57.8 Å². The third-order valence-electron chi connectivity index (χ3n) is 5.33. The number of rotatable bonds is 4. The SMILES string of the molecule is Cc1cc(/C=C(\C#N)C(=O)Nc2cccc(Cl)c2Cl)c(C)n1C1CCCCC1. The summed E-state index contributed by atoms with van der Waals surface area (Å²) in [6, 6.07) is 9.53. The van der Waals surface area contributed by atoms with Gasteiger partial charge in [0.05, 0.1) is 15.7 Å². The molecule has 0 aliphatic heterocycles. The maximum Gasteiger partial charge on any atom is 0.266 e. The second-order valence-corrected chi connectivity index (χ2v) is 8.00. The normalized spacial score (nSPS) is 15.3. The molecule has 1 aliphatic carbocycles. The van der Waals surface area contributed by atoms with Crippen molar-refractivity contribution in [2.75, 3.05) is 5.32 Å². The molecule has 6 heteroatoms. The summed E-state index contributed by atoms with van der Waals surface area (Å²) in [5.74, 6) is -0.505. The first-order chi connectivity index (χ1) is 13.4. The second kappa shape index (κ2) is 8.86. The zero-order valence-corrected chi connectivity index (χ0v) is 17.6. The summed E-state index contributed by atoms with van der Waals surface area (Å²) in [7, 11) is 0. The summed E-state index contributed by atoms with van der Waals surface area (Å²) in [6.45, 7) is 4.13. The van der Waals surface area contributed by atoms with Crippen LogP contribution in [0.2, 0.25) is 10.0 Å². The zero-order chi connectivity index (χ0) is 20.3. The van der Waals surface area contributed by atoms with Crippen LogP contribution in [0.25, 0.3) is 6.08 Å². The molecule has 28 heavy (non-hydrogen) atoms. The molecule has 1 N–H and O–H groups in total. The predicted octanol–water partition coefficient (Wildman–Crippen LogP) is 6.46. The van der Waals surface area contributed by atoms with Gasteiger partial charge >= 0.3 is 0 Å². The molecule has 3 rings (SSSR count). The third kappa shape index (κ3) is 4.27. The fourth-order valence-electron chi connectivity index (χ4n) is 3.94. The molecule has 0 atom stereocenters. The Morgan fingerprint density at radius 2 is 1.96 bits per heavy atom. The molecule has 1 amide bonds. The lowest BCUT2D eigenvalue weighted by molar-refractivity contribution is -0.112. The Labute approximate surface area is 175 Å². The number of carbonyl (C=O) groups excluding carboxylic acids is 1. The summed E-state index contributed by atoms with van der Waals surface area (Å²) >= 11 is 12.1. The molecule has 1 fully saturated rings. The van der Waals surface area contributed by atoms with Crippen LogP contribution in [-0.2, 0) is 4.79 Å². The van der Waals surface area contributed by atoms with Crippen molar-refractivity contribution in [3.05, 3.63) is 56.8 Å². The van der Waals surface area contributed by atoms with Crippen molar-refractivity contribution >= 4 is 40.9 Å². The van der Waals surface area contributed by atoms with E-state index >= 15 is 0 Å². The van der Waals surface area contributed by atoms with Crippen LogP contribution < -0.4 is 5.32 Å². The molecule has 1 saturated carbocycles. The Bertz CT molecular complexity index is 963. The highest BCUT2D eigenvalue weighted by Crippen LogP contribution is 2.33. The van der Waals surface area contributed by atoms with E-state index in [2.05, 4.69) is 16.8 Å². The van der Waals surface area contributed by atoms with Gasteiger partial charge in [0.1, 0.15) is 11.6 Å². The van der Waals surface area contributed by atoms with E-state index in [1.807, 2.05) is 19.1 Å². The molecular weight excluding hydrogens is 393 g/mol. The Kier molecular flexibility index (Phi) is 6.49. The highest BCUT2D eigenvalue weighted by Gasteiger charge is 2.20. The Hall–Kier alpha value is -2.22. The number of aromatic nitrogens is 1. The Balaban J connectivity index is 1.87. The molecule has 1 aromatic carbocycles. The monoisotopic (exact) mass is 415 g/mol. The number of benzene rings is 1. The molecule has 0 unspecified atom stereocenters. The van der Waals surface area contributed by atoms with E-state index in [-0.39, 0.29) is 10.6 Å². The van der Waals surface area contributed by atoms with E-state index in [4.69, 9.17) is 23.2 Å². The average Bonchev–Trinajstić information content (AvgIpc) is 2.97. The lowest BCUT2D eigenvalue weighted by Crippen LogP contribution is -2.15. The summed E-state index contributed by atoms with van der Waals surface area (Å²) in [4.78, 5) is 12.6. The molecule has 0 saturated heterocycles. The van der Waals surface area contributed by atoms with Gasteiger partial charge in [0, 0.05) is 17.4 Å². The molecule has 0 bridgehead atoms. The first kappa shape index (κ1) is 20.5. The van der Waals surface area contributed by atoms with Crippen molar-refractivity contribution in [1.82, 2.24) is 4.57 Å². The standard InChI is InChI=1S/C22H23Cl2N3O/c1-14-11-16(15(2)27(14)18-7-4-3-5-8-18)12-17(13-25)22(28)26-20-10-6-9-19(23)21(20)24/h6,9-12,18H,3-5,7-8H2,1-2H3,(H,26,28)/b17-12+. The van der Waals surface area contributed by atoms with Gasteiger partial charge < -0.3 is 9.88 Å². The zero-order valence-electron chi connectivity index (χ0n) is 16.1. The number of hydrogen-bond acceptors (Lipinski definition) is 2. The molecule has 0 radical (unpaired) electrons. The van der Waals surface area contributed by atoms with Crippen molar-refractivity contribution in [2.24, 2.45) is 0 Å². The van der Waals surface area contributed by atoms with Crippen molar-refractivity contribution in [2.45, 2.75) is 52.0 Å². The molecule has 1 heterocycles. The highest BCUT2D eigenvalue weighted by molar-refractivity contribution is 6.44. The van der Waals surface area contributed by atoms with Gasteiger partial charge in [-0.25, -0.2) is 0 Å². The van der Waals surface area contributed by atoms with Gasteiger partial charge in [0.2, 0.25) is 0 Å². The van der Waals surface area contributed by atoms with E-state index in [1.165, 1.54) is 32.1 Å². The third-order valence-corrected chi connectivity index (χ3v) is 6.15. The number of halogens is 2. The number of carbonyl (C=O) groups is 1. The molecule has 1 aliphatic rings. The second-order valence-electron chi connectivity index (χ2n) is 7.21. The maximum absolute atomic E-state index is 12.6. The van der Waals surface area contributed by atoms with Gasteiger partial charge in [0.25, 0.3) is 5.91 Å². The minimum atomic E-state index is -0.505. The lowest BCUT2D eigenvalue weighted by Gasteiger charge is -2.26. The lowest BCUT2D eigenvalue weighted by atomic mass is 9.95. The van der Waals surface area contributed by atoms with Gasteiger partial charge in [0.15, 0.2) is 0 Å². The van der Waals surface area contributed by atoms with Crippen LogP contribution >= 0.6 is 23.2 Å². The average molecular weight is 416 g/mol. The first-order valence-corrected chi connectivity index (χ1v) is 10.2. The molecule has 4 nitrogen and oxygen atoms in total. The molecule has 146 valence electrons. The first-order valence-electron chi connectivity index (χ1n) is 9.48. The number of nitriles is 1. The highest BCUT2D eigenvalue weighted by atomic mass is 35.5. The maximum atomic E-state index is 12.6. The van der Waals surface area contributed by atoms with Crippen molar-refractivity contribution in [3.63, 3.8) is 0 Å². The number of aryl methyl sites for hydroxylation is 1. The smallest absolute Gasteiger partial charge is 0.266 e. The van der Waals surface area contributed by atoms with Crippen LogP contribution in [0.4, 0.5) is 5.69 Å². The van der Waals surface area contributed by atoms with Crippen LogP contribution in [-0.4, -0.2) is 10.5 Å². The predicted molar refractivity (Wildman–Crippen MR) is 115 cm³/mol. The van der Waals surface area contributed by atoms with Crippen LogP contribution in [0.1, 0.15) is 55.1 Å². The number of nitrogens with zero attached hydrogens (tertiary/aromatic N) is 2. The van der Waals surface area contributed by atoms with Gasteiger partial charge in [-0.05, 0) is 56.5 Å². The van der Waals surface area contributed by atoms with Gasteiger partial charge in [-0.15, -0.1) is 0 Å². The van der Waals surface area contributed by atoms with E-state index in [0.717, 1.165) is 17.0 Å². The van der Waals surface area contributed by atoms with Crippen LogP contribution in [0.3, 0.4) is 0 Å². The van der Waals surface area contributed by atoms with E-state index < -0.39 is 5.91 Å². The van der Waals surface area contributed by atoms with Crippen LogP contribution in [0.5, 0.6) is 0 Å². The van der Waals surface area contributed by atoms with E-state index in [0.29, 0.717) is 16.8 Å². The quantitative estimate of drug-likeness (QED) is 0.459.